The van der Waals surface area contributed by atoms with E-state index in [4.69, 9.17) is 0 Å². The SMILES string of the molecule is CSC(C[N+](=O)[O-])=NCc1ccc(Br)nc1. The summed E-state index contributed by atoms with van der Waals surface area (Å²) in [5, 5.41) is 10.8. The minimum Gasteiger partial charge on any atom is -0.271 e. The third kappa shape index (κ3) is 4.71. The van der Waals surface area contributed by atoms with Crippen molar-refractivity contribution in [1.82, 2.24) is 4.98 Å². The number of thioether (sulfide) groups is 1. The van der Waals surface area contributed by atoms with Crippen molar-refractivity contribution in [2.45, 2.75) is 6.54 Å². The van der Waals surface area contributed by atoms with Crippen LogP contribution in [0.4, 0.5) is 0 Å². The van der Waals surface area contributed by atoms with Crippen LogP contribution in [-0.2, 0) is 6.54 Å². The molecular formula is C9H10BrN3O2S. The van der Waals surface area contributed by atoms with Crippen molar-refractivity contribution in [2.75, 3.05) is 12.8 Å². The highest BCUT2D eigenvalue weighted by Crippen LogP contribution is 2.08. The van der Waals surface area contributed by atoms with Gasteiger partial charge in [-0.3, -0.25) is 15.1 Å². The zero-order valence-electron chi connectivity index (χ0n) is 8.59. The van der Waals surface area contributed by atoms with Crippen molar-refractivity contribution in [3.8, 4) is 0 Å². The number of halogens is 1. The molecule has 0 aromatic carbocycles. The van der Waals surface area contributed by atoms with Crippen molar-refractivity contribution >= 4 is 32.7 Å². The molecule has 0 aliphatic heterocycles. The second-order valence-electron chi connectivity index (χ2n) is 2.89. The maximum atomic E-state index is 10.3. The summed E-state index contributed by atoms with van der Waals surface area (Å²) in [7, 11) is 0. The quantitative estimate of drug-likeness (QED) is 0.281. The van der Waals surface area contributed by atoms with Gasteiger partial charge in [0.1, 0.15) is 9.65 Å². The van der Waals surface area contributed by atoms with Gasteiger partial charge in [-0.05, 0) is 33.8 Å². The molecule has 1 aromatic rings. The van der Waals surface area contributed by atoms with E-state index in [1.165, 1.54) is 11.8 Å². The van der Waals surface area contributed by atoms with Crippen LogP contribution in [0.2, 0.25) is 0 Å². The topological polar surface area (TPSA) is 68.4 Å². The largest absolute Gasteiger partial charge is 0.271 e. The van der Waals surface area contributed by atoms with Gasteiger partial charge in [-0.1, -0.05) is 6.07 Å². The lowest BCUT2D eigenvalue weighted by Crippen LogP contribution is -2.10. The fourth-order valence-corrected chi connectivity index (χ4v) is 1.63. The summed E-state index contributed by atoms with van der Waals surface area (Å²) in [5.41, 5.74) is 0.929. The van der Waals surface area contributed by atoms with Crippen LogP contribution in [0.3, 0.4) is 0 Å². The average Bonchev–Trinajstić information content (AvgIpc) is 2.26. The zero-order chi connectivity index (χ0) is 12.0. The van der Waals surface area contributed by atoms with Gasteiger partial charge in [-0.2, -0.15) is 0 Å². The van der Waals surface area contributed by atoms with Crippen LogP contribution in [0, 0.1) is 10.1 Å². The number of pyridine rings is 1. The first-order valence-corrected chi connectivity index (χ1v) is 6.43. The molecule has 86 valence electrons. The van der Waals surface area contributed by atoms with E-state index in [0.29, 0.717) is 11.6 Å². The first kappa shape index (κ1) is 13.1. The van der Waals surface area contributed by atoms with Crippen LogP contribution < -0.4 is 0 Å². The van der Waals surface area contributed by atoms with Crippen molar-refractivity contribution in [3.05, 3.63) is 38.6 Å². The average molecular weight is 304 g/mol. The number of rotatable bonds is 4. The Morgan fingerprint density at radius 1 is 1.69 bits per heavy atom. The van der Waals surface area contributed by atoms with Gasteiger partial charge in [0.25, 0.3) is 6.54 Å². The van der Waals surface area contributed by atoms with Crippen molar-refractivity contribution < 1.29 is 4.92 Å². The van der Waals surface area contributed by atoms with Crippen molar-refractivity contribution in [1.29, 1.82) is 0 Å². The summed E-state index contributed by atoms with van der Waals surface area (Å²) in [5.74, 6) is 0. The fraction of sp³-hybridized carbons (Fsp3) is 0.333. The highest BCUT2D eigenvalue weighted by atomic mass is 79.9. The maximum absolute atomic E-state index is 10.3. The molecule has 1 heterocycles. The molecule has 0 bridgehead atoms. The van der Waals surface area contributed by atoms with Gasteiger partial charge >= 0.3 is 0 Å². The molecule has 7 heteroatoms. The molecule has 0 amide bonds. The van der Waals surface area contributed by atoms with E-state index in [0.717, 1.165) is 10.2 Å². The highest BCUT2D eigenvalue weighted by Gasteiger charge is 2.05. The lowest BCUT2D eigenvalue weighted by Gasteiger charge is -1.99. The van der Waals surface area contributed by atoms with Gasteiger partial charge < -0.3 is 0 Å². The first-order chi connectivity index (χ1) is 7.61. The zero-order valence-corrected chi connectivity index (χ0v) is 11.0. The van der Waals surface area contributed by atoms with Gasteiger partial charge in [0.2, 0.25) is 0 Å². The number of hydrogen-bond acceptors (Lipinski definition) is 5. The van der Waals surface area contributed by atoms with Crippen LogP contribution in [-0.4, -0.2) is 27.8 Å². The molecule has 0 unspecified atom stereocenters. The summed E-state index contributed by atoms with van der Waals surface area (Å²) in [6, 6.07) is 3.70. The van der Waals surface area contributed by atoms with Gasteiger partial charge in [0.15, 0.2) is 0 Å². The van der Waals surface area contributed by atoms with Crippen molar-refractivity contribution in [2.24, 2.45) is 4.99 Å². The Bertz CT molecular complexity index is 394. The number of aliphatic imine (C=N–C) groups is 1. The summed E-state index contributed by atoms with van der Waals surface area (Å²) < 4.78 is 0.760. The summed E-state index contributed by atoms with van der Waals surface area (Å²) in [6.07, 6.45) is 3.47. The Kier molecular flexibility index (Phi) is 5.41. The second kappa shape index (κ2) is 6.59. The molecule has 0 atom stereocenters. The Balaban J connectivity index is 2.62. The molecular weight excluding hydrogens is 294 g/mol. The monoisotopic (exact) mass is 303 g/mol. The second-order valence-corrected chi connectivity index (χ2v) is 4.59. The normalized spacial score (nSPS) is 11.5. The summed E-state index contributed by atoms with van der Waals surface area (Å²) in [4.78, 5) is 18.2. The third-order valence-corrected chi connectivity index (χ3v) is 2.93. The van der Waals surface area contributed by atoms with E-state index < -0.39 is 0 Å². The molecule has 0 radical (unpaired) electrons. The Hall–Kier alpha value is -0.950. The van der Waals surface area contributed by atoms with E-state index >= 15 is 0 Å². The van der Waals surface area contributed by atoms with Crippen LogP contribution >= 0.6 is 27.7 Å². The molecule has 0 N–H and O–H groups in total. The van der Waals surface area contributed by atoms with Gasteiger partial charge in [-0.25, -0.2) is 4.98 Å². The summed E-state index contributed by atoms with van der Waals surface area (Å²) in [6.45, 7) is 0.204. The predicted molar refractivity (Wildman–Crippen MR) is 68.5 cm³/mol. The molecule has 0 aliphatic rings. The van der Waals surface area contributed by atoms with Gasteiger partial charge in [-0.15, -0.1) is 11.8 Å². The minimum atomic E-state index is -0.380. The van der Waals surface area contributed by atoms with E-state index in [1.54, 1.807) is 12.5 Å². The third-order valence-electron chi connectivity index (χ3n) is 1.73. The number of aromatic nitrogens is 1. The number of nitrogens with zero attached hydrogens (tertiary/aromatic N) is 3. The predicted octanol–water partition coefficient (Wildman–Crippen LogP) is 2.38. The molecule has 0 aliphatic carbocycles. The number of nitro groups is 1. The van der Waals surface area contributed by atoms with Gasteiger partial charge in [0.05, 0.1) is 6.54 Å². The molecule has 1 aromatic heterocycles. The molecule has 16 heavy (non-hydrogen) atoms. The molecule has 1 rings (SSSR count). The highest BCUT2D eigenvalue weighted by molar-refractivity contribution is 9.10. The molecule has 0 fully saturated rings. The Morgan fingerprint density at radius 3 is 2.94 bits per heavy atom. The molecule has 5 nitrogen and oxygen atoms in total. The smallest absolute Gasteiger partial charge is 0.251 e. The van der Waals surface area contributed by atoms with Crippen LogP contribution in [0.5, 0.6) is 0 Å². The Morgan fingerprint density at radius 2 is 2.44 bits per heavy atom. The van der Waals surface area contributed by atoms with E-state index in [1.807, 2.05) is 12.1 Å². The van der Waals surface area contributed by atoms with Crippen LogP contribution in [0.25, 0.3) is 0 Å². The lowest BCUT2D eigenvalue weighted by molar-refractivity contribution is -0.462. The maximum Gasteiger partial charge on any atom is 0.251 e. The number of hydrogen-bond donors (Lipinski definition) is 0. The summed E-state index contributed by atoms with van der Waals surface area (Å²) >= 11 is 4.53. The standard InChI is InChI=1S/C9H10BrN3O2S/c1-16-9(6-13(14)15)12-5-7-2-3-8(10)11-4-7/h2-4H,5-6H2,1H3. The van der Waals surface area contributed by atoms with Crippen LogP contribution in [0.15, 0.2) is 27.9 Å². The van der Waals surface area contributed by atoms with Gasteiger partial charge in [0, 0.05) is 11.1 Å². The van der Waals surface area contributed by atoms with Crippen LogP contribution in [0.1, 0.15) is 5.56 Å². The minimum absolute atomic E-state index is 0.217. The molecule has 0 spiro atoms. The molecule has 0 saturated carbocycles. The fourth-order valence-electron chi connectivity index (χ4n) is 0.969. The van der Waals surface area contributed by atoms with E-state index in [9.17, 15) is 10.1 Å². The van der Waals surface area contributed by atoms with E-state index in [2.05, 4.69) is 25.9 Å². The van der Waals surface area contributed by atoms with E-state index in [-0.39, 0.29) is 11.5 Å². The first-order valence-electron chi connectivity index (χ1n) is 4.41. The molecule has 0 saturated heterocycles. The lowest BCUT2D eigenvalue weighted by atomic mass is 10.3. The Labute approximate surface area is 106 Å². The van der Waals surface area contributed by atoms with Crippen molar-refractivity contribution in [3.63, 3.8) is 0 Å².